The molecule has 0 heterocycles. The van der Waals surface area contributed by atoms with Crippen LogP contribution in [0.5, 0.6) is 5.75 Å². The second kappa shape index (κ2) is 9.29. The van der Waals surface area contributed by atoms with Crippen LogP contribution in [0.1, 0.15) is 69.2 Å². The number of hydrogen-bond donors (Lipinski definition) is 1. The van der Waals surface area contributed by atoms with Gasteiger partial charge in [0.15, 0.2) is 5.78 Å². The molecule has 6 rings (SSSR count). The number of phenolic OH excluding ortho intramolecular Hbond substituents is 1. The highest BCUT2D eigenvalue weighted by molar-refractivity contribution is 9.10. The smallest absolute Gasteiger partial charge is 0.156 e. The zero-order valence-corrected chi connectivity index (χ0v) is 24.5. The maximum absolute atomic E-state index is 11.7. The second-order valence-corrected chi connectivity index (χ2v) is 13.5. The minimum Gasteiger partial charge on any atom is -0.508 e. The first-order chi connectivity index (χ1) is 16.9. The van der Waals surface area contributed by atoms with Gasteiger partial charge in [0.25, 0.3) is 0 Å². The van der Waals surface area contributed by atoms with Gasteiger partial charge in [0.1, 0.15) is 5.75 Å². The Morgan fingerprint density at radius 3 is 2.14 bits per heavy atom. The molecule has 0 fully saturated rings. The van der Waals surface area contributed by atoms with E-state index < -0.39 is 0 Å². The van der Waals surface area contributed by atoms with Crippen molar-refractivity contribution in [3.8, 4) is 16.9 Å². The molecule has 3 aromatic rings. The van der Waals surface area contributed by atoms with E-state index in [0.29, 0.717) is 18.1 Å². The molecule has 3 aliphatic carbocycles. The Morgan fingerprint density at radius 2 is 1.44 bits per heavy atom. The van der Waals surface area contributed by atoms with E-state index in [-0.39, 0.29) is 16.6 Å². The topological polar surface area (TPSA) is 37.3 Å². The number of ketones is 1. The third kappa shape index (κ3) is 4.75. The Kier molecular flexibility index (Phi) is 6.58. The van der Waals surface area contributed by atoms with E-state index >= 15 is 0 Å². The van der Waals surface area contributed by atoms with Crippen LogP contribution in [0, 0.1) is 5.92 Å². The third-order valence-electron chi connectivity index (χ3n) is 8.00. The van der Waals surface area contributed by atoms with Gasteiger partial charge in [-0.1, -0.05) is 77.8 Å². The van der Waals surface area contributed by atoms with E-state index in [1.165, 1.54) is 33.4 Å². The van der Waals surface area contributed by atoms with Gasteiger partial charge in [0.05, 0.1) is 0 Å². The molecule has 0 aliphatic heterocycles. The van der Waals surface area contributed by atoms with Gasteiger partial charge in [0.2, 0.25) is 0 Å². The Labute approximate surface area is 231 Å². The van der Waals surface area contributed by atoms with Gasteiger partial charge in [-0.2, -0.15) is 0 Å². The molecule has 0 spiro atoms. The van der Waals surface area contributed by atoms with E-state index in [1.54, 1.807) is 6.07 Å². The zero-order valence-electron chi connectivity index (χ0n) is 21.3. The first-order valence-corrected chi connectivity index (χ1v) is 14.2. The fraction of sp³-hybridized carbons (Fsp3) is 0.344. The summed E-state index contributed by atoms with van der Waals surface area (Å²) in [5.41, 5.74) is 9.31. The Hall–Kier alpha value is -2.17. The van der Waals surface area contributed by atoms with Crippen molar-refractivity contribution in [2.45, 2.75) is 64.2 Å². The van der Waals surface area contributed by atoms with Gasteiger partial charge >= 0.3 is 0 Å². The normalized spacial score (nSPS) is 20.6. The number of fused-ring (bicyclic) bond motifs is 6. The monoisotopic (exact) mass is 606 g/mol. The van der Waals surface area contributed by atoms with E-state index in [9.17, 15) is 9.90 Å². The predicted octanol–water partition coefficient (Wildman–Crippen LogP) is 9.15. The maximum Gasteiger partial charge on any atom is 0.156 e. The van der Waals surface area contributed by atoms with Crippen molar-refractivity contribution in [2.75, 3.05) is 0 Å². The van der Waals surface area contributed by atoms with Crippen molar-refractivity contribution in [3.63, 3.8) is 0 Å². The van der Waals surface area contributed by atoms with Crippen LogP contribution in [0.25, 0.3) is 16.7 Å². The molecule has 0 radical (unpaired) electrons. The summed E-state index contributed by atoms with van der Waals surface area (Å²) in [6.07, 6.45) is 5.78. The lowest BCUT2D eigenvalue weighted by Crippen LogP contribution is -2.31. The number of benzene rings is 3. The van der Waals surface area contributed by atoms with Crippen LogP contribution in [0.15, 0.2) is 69.6 Å². The highest BCUT2D eigenvalue weighted by Crippen LogP contribution is 2.49. The first kappa shape index (κ1) is 25.5. The van der Waals surface area contributed by atoms with Crippen LogP contribution < -0.4 is 0 Å². The number of halogens is 2. The summed E-state index contributed by atoms with van der Waals surface area (Å²) in [4.78, 5) is 11.7. The summed E-state index contributed by atoms with van der Waals surface area (Å²) in [6, 6.07) is 18.6. The van der Waals surface area contributed by atoms with Crippen LogP contribution in [-0.2, 0) is 22.0 Å². The minimum absolute atomic E-state index is 0.139. The van der Waals surface area contributed by atoms with Crippen LogP contribution in [0.4, 0.5) is 0 Å². The van der Waals surface area contributed by atoms with Gasteiger partial charge in [-0.15, -0.1) is 0 Å². The lowest BCUT2D eigenvalue weighted by atomic mass is 9.64. The van der Waals surface area contributed by atoms with Crippen LogP contribution in [0.3, 0.4) is 0 Å². The molecule has 0 saturated carbocycles. The fourth-order valence-corrected chi connectivity index (χ4v) is 7.01. The number of carbonyl (C=O) groups excluding carboxylic acids is 1. The average Bonchev–Trinajstić information content (AvgIpc) is 2.80. The molecule has 0 amide bonds. The number of allylic oxidation sites excluding steroid dienone is 2. The molecule has 0 saturated heterocycles. The van der Waals surface area contributed by atoms with Gasteiger partial charge in [-0.05, 0) is 117 Å². The molecule has 1 atom stereocenters. The lowest BCUT2D eigenvalue weighted by molar-refractivity contribution is -0.115. The molecule has 4 heteroatoms. The zero-order chi connectivity index (χ0) is 25.8. The summed E-state index contributed by atoms with van der Waals surface area (Å²) in [5.74, 6) is 1.17. The number of hydrogen-bond acceptors (Lipinski definition) is 2. The molecule has 186 valence electrons. The van der Waals surface area contributed by atoms with Crippen molar-refractivity contribution in [1.82, 2.24) is 0 Å². The highest BCUT2D eigenvalue weighted by atomic mass is 79.9. The van der Waals surface area contributed by atoms with Crippen LogP contribution in [-0.4, -0.2) is 10.9 Å². The Bertz CT molecular complexity index is 1400. The number of rotatable bonds is 0. The first-order valence-electron chi connectivity index (χ1n) is 12.6. The molecule has 0 bridgehead atoms. The molecule has 0 aromatic heterocycles. The van der Waals surface area contributed by atoms with E-state index in [1.807, 2.05) is 18.2 Å². The molecule has 1 N–H and O–H groups in total. The van der Waals surface area contributed by atoms with Crippen molar-refractivity contribution < 1.29 is 9.90 Å². The van der Waals surface area contributed by atoms with Crippen molar-refractivity contribution in [2.24, 2.45) is 5.92 Å². The molecule has 1 unspecified atom stereocenters. The highest BCUT2D eigenvalue weighted by Gasteiger charge is 2.37. The summed E-state index contributed by atoms with van der Waals surface area (Å²) in [6.45, 7) is 9.17. The molecule has 3 aromatic carbocycles. The molecule has 36 heavy (non-hydrogen) atoms. The van der Waals surface area contributed by atoms with Gasteiger partial charge in [-0.3, -0.25) is 4.79 Å². The van der Waals surface area contributed by atoms with Crippen molar-refractivity contribution >= 4 is 43.2 Å². The SMILES string of the molecule is CC1(C)CC2CCC(=O)C=C2c2cc(Br)ccc21.CC1(C)Cc2ccc(O)cc2-c2cc(Br)ccc21. The standard InChI is InChI=1S/C16H17BrO.C16H15BrO/c2*1-16(2)9-10-3-5-12(18)8-13(10)14-7-11(17)4-6-15(14)16/h4,6-8,10H,3,5,9H2,1-2H3;3-8,18H,9H2,1-2H3. The summed E-state index contributed by atoms with van der Waals surface area (Å²) in [5, 5.41) is 9.70. The summed E-state index contributed by atoms with van der Waals surface area (Å²) in [7, 11) is 0. The van der Waals surface area contributed by atoms with E-state index in [0.717, 1.165) is 33.8 Å². The average molecular weight is 608 g/mol. The second-order valence-electron chi connectivity index (χ2n) is 11.7. The Balaban J connectivity index is 0.000000148. The van der Waals surface area contributed by atoms with Gasteiger partial charge in [0, 0.05) is 15.4 Å². The summed E-state index contributed by atoms with van der Waals surface area (Å²) < 4.78 is 2.17. The largest absolute Gasteiger partial charge is 0.508 e. The van der Waals surface area contributed by atoms with Gasteiger partial charge < -0.3 is 5.11 Å². The van der Waals surface area contributed by atoms with Crippen molar-refractivity contribution in [3.05, 3.63) is 91.9 Å². The molecular formula is C32H32Br2O2. The van der Waals surface area contributed by atoms with Crippen molar-refractivity contribution in [1.29, 1.82) is 0 Å². The number of carbonyl (C=O) groups is 1. The third-order valence-corrected chi connectivity index (χ3v) is 8.99. The number of aromatic hydroxyl groups is 1. The fourth-order valence-electron chi connectivity index (χ4n) is 6.29. The maximum atomic E-state index is 11.7. The van der Waals surface area contributed by atoms with Crippen LogP contribution in [0.2, 0.25) is 0 Å². The molecule has 3 aliphatic rings. The lowest BCUT2D eigenvalue weighted by Gasteiger charge is -2.40. The molecular weight excluding hydrogens is 576 g/mol. The molecule has 2 nitrogen and oxygen atoms in total. The van der Waals surface area contributed by atoms with E-state index in [4.69, 9.17) is 0 Å². The summed E-state index contributed by atoms with van der Waals surface area (Å²) >= 11 is 7.08. The van der Waals surface area contributed by atoms with Crippen LogP contribution >= 0.6 is 31.9 Å². The predicted molar refractivity (Wildman–Crippen MR) is 155 cm³/mol. The quantitative estimate of drug-likeness (QED) is 0.277. The minimum atomic E-state index is 0.139. The number of phenols is 1. The van der Waals surface area contributed by atoms with Gasteiger partial charge in [-0.25, -0.2) is 0 Å². The van der Waals surface area contributed by atoms with E-state index in [2.05, 4.69) is 96.0 Å². The Morgan fingerprint density at radius 1 is 0.806 bits per heavy atom.